The van der Waals surface area contributed by atoms with Crippen LogP contribution in [0.4, 0.5) is 0 Å². The number of rotatable bonds is 7. The molecule has 5 nitrogen and oxygen atoms in total. The first-order valence-electron chi connectivity index (χ1n) is 6.86. The molecule has 0 radical (unpaired) electrons. The van der Waals surface area contributed by atoms with Crippen LogP contribution in [0.5, 0.6) is 0 Å². The van der Waals surface area contributed by atoms with Crippen LogP contribution in [0.3, 0.4) is 0 Å². The Morgan fingerprint density at radius 3 is 2.74 bits per heavy atom. The fourth-order valence-corrected chi connectivity index (χ4v) is 1.96. The van der Waals surface area contributed by atoms with E-state index in [1.54, 1.807) is 6.33 Å². The number of pyridine rings is 1. The molecular weight excluding hydrogens is 238 g/mol. The summed E-state index contributed by atoms with van der Waals surface area (Å²) in [5.41, 5.74) is 2.34. The third kappa shape index (κ3) is 3.86. The molecule has 0 saturated heterocycles. The highest BCUT2D eigenvalue weighted by Gasteiger charge is 2.14. The second kappa shape index (κ2) is 6.99. The van der Waals surface area contributed by atoms with Crippen LogP contribution in [-0.2, 0) is 12.8 Å². The average molecular weight is 259 g/mol. The standard InChI is InChI=1S/C14H21N5/c1-3-7-15-13(14-17-10-18-19-14)8-12-6-5-11(4-2)9-16-12/h5-6,9-10,13,15H,3-4,7-8H2,1-2H3,(H,17,18,19). The number of nitrogens with one attached hydrogen (secondary N) is 2. The van der Waals surface area contributed by atoms with Crippen molar-refractivity contribution in [1.82, 2.24) is 25.5 Å². The molecule has 2 N–H and O–H groups in total. The monoisotopic (exact) mass is 259 g/mol. The molecule has 0 aliphatic carbocycles. The third-order valence-corrected chi connectivity index (χ3v) is 3.11. The first-order chi connectivity index (χ1) is 9.33. The minimum Gasteiger partial charge on any atom is -0.307 e. The Balaban J connectivity index is 2.06. The van der Waals surface area contributed by atoms with Gasteiger partial charge in [-0.2, -0.15) is 5.10 Å². The van der Waals surface area contributed by atoms with Gasteiger partial charge in [-0.25, -0.2) is 4.98 Å². The van der Waals surface area contributed by atoms with E-state index >= 15 is 0 Å². The SMILES string of the molecule is CCCNC(Cc1ccc(CC)cn1)c1ncn[nH]1. The van der Waals surface area contributed by atoms with Gasteiger partial charge in [-0.15, -0.1) is 0 Å². The summed E-state index contributed by atoms with van der Waals surface area (Å²) in [5, 5.41) is 10.3. The lowest BCUT2D eigenvalue weighted by Gasteiger charge is -2.15. The number of hydrogen-bond acceptors (Lipinski definition) is 4. The van der Waals surface area contributed by atoms with Crippen molar-refractivity contribution in [3.63, 3.8) is 0 Å². The zero-order valence-corrected chi connectivity index (χ0v) is 11.6. The summed E-state index contributed by atoms with van der Waals surface area (Å²) in [7, 11) is 0. The van der Waals surface area contributed by atoms with Crippen molar-refractivity contribution in [3.05, 3.63) is 41.7 Å². The molecule has 0 aromatic carbocycles. The maximum Gasteiger partial charge on any atom is 0.141 e. The lowest BCUT2D eigenvalue weighted by Crippen LogP contribution is -2.25. The first kappa shape index (κ1) is 13.7. The third-order valence-electron chi connectivity index (χ3n) is 3.11. The fraction of sp³-hybridized carbons (Fsp3) is 0.500. The number of aromatic amines is 1. The van der Waals surface area contributed by atoms with E-state index in [2.05, 4.69) is 51.5 Å². The average Bonchev–Trinajstić information content (AvgIpc) is 2.98. The summed E-state index contributed by atoms with van der Waals surface area (Å²) < 4.78 is 0. The van der Waals surface area contributed by atoms with Crippen LogP contribution < -0.4 is 5.32 Å². The Bertz CT molecular complexity index is 463. The van der Waals surface area contributed by atoms with E-state index in [-0.39, 0.29) is 6.04 Å². The highest BCUT2D eigenvalue weighted by atomic mass is 15.2. The summed E-state index contributed by atoms with van der Waals surface area (Å²) in [6.07, 6.45) is 6.43. The molecule has 1 atom stereocenters. The maximum atomic E-state index is 4.51. The zero-order valence-electron chi connectivity index (χ0n) is 11.6. The van der Waals surface area contributed by atoms with Gasteiger partial charge in [-0.3, -0.25) is 10.1 Å². The molecule has 2 aromatic rings. The van der Waals surface area contributed by atoms with Crippen LogP contribution in [0.25, 0.3) is 0 Å². The lowest BCUT2D eigenvalue weighted by molar-refractivity contribution is 0.501. The molecule has 0 fully saturated rings. The number of H-pyrrole nitrogens is 1. The smallest absolute Gasteiger partial charge is 0.141 e. The molecule has 0 aliphatic heterocycles. The number of hydrogen-bond donors (Lipinski definition) is 2. The van der Waals surface area contributed by atoms with Gasteiger partial charge < -0.3 is 5.32 Å². The van der Waals surface area contributed by atoms with Gasteiger partial charge in [0.25, 0.3) is 0 Å². The minimum absolute atomic E-state index is 0.141. The van der Waals surface area contributed by atoms with Gasteiger partial charge in [0.2, 0.25) is 0 Å². The molecule has 0 saturated carbocycles. The van der Waals surface area contributed by atoms with Crippen LogP contribution in [0.15, 0.2) is 24.7 Å². The lowest BCUT2D eigenvalue weighted by atomic mass is 10.1. The van der Waals surface area contributed by atoms with Crippen LogP contribution in [-0.4, -0.2) is 26.7 Å². The minimum atomic E-state index is 0.141. The molecule has 0 aliphatic rings. The second-order valence-electron chi connectivity index (χ2n) is 4.59. The summed E-state index contributed by atoms with van der Waals surface area (Å²) in [6, 6.07) is 4.37. The number of aryl methyl sites for hydroxylation is 1. The Labute approximate surface area is 113 Å². The molecule has 2 heterocycles. The van der Waals surface area contributed by atoms with Gasteiger partial charge in [-0.05, 0) is 31.0 Å². The van der Waals surface area contributed by atoms with E-state index in [9.17, 15) is 0 Å². The Kier molecular flexibility index (Phi) is 5.03. The van der Waals surface area contributed by atoms with Gasteiger partial charge in [-0.1, -0.05) is 19.9 Å². The van der Waals surface area contributed by atoms with Crippen molar-refractivity contribution in [3.8, 4) is 0 Å². The molecule has 2 rings (SSSR count). The molecule has 5 heteroatoms. The molecule has 1 unspecified atom stereocenters. The largest absolute Gasteiger partial charge is 0.307 e. The molecule has 0 bridgehead atoms. The molecule has 19 heavy (non-hydrogen) atoms. The van der Waals surface area contributed by atoms with Crippen molar-refractivity contribution in [2.24, 2.45) is 0 Å². The Morgan fingerprint density at radius 1 is 1.26 bits per heavy atom. The van der Waals surface area contributed by atoms with E-state index in [0.29, 0.717) is 0 Å². The van der Waals surface area contributed by atoms with Crippen molar-refractivity contribution >= 4 is 0 Å². The molecule has 102 valence electrons. The number of nitrogens with zero attached hydrogens (tertiary/aromatic N) is 3. The quantitative estimate of drug-likeness (QED) is 0.798. The second-order valence-corrected chi connectivity index (χ2v) is 4.59. The highest BCUT2D eigenvalue weighted by Crippen LogP contribution is 2.13. The summed E-state index contributed by atoms with van der Waals surface area (Å²) in [6.45, 7) is 5.24. The van der Waals surface area contributed by atoms with Gasteiger partial charge in [0.05, 0.1) is 6.04 Å². The highest BCUT2D eigenvalue weighted by molar-refractivity contribution is 5.15. The fourth-order valence-electron chi connectivity index (χ4n) is 1.96. The van der Waals surface area contributed by atoms with Gasteiger partial charge in [0, 0.05) is 18.3 Å². The van der Waals surface area contributed by atoms with Crippen LogP contribution in [0.2, 0.25) is 0 Å². The van der Waals surface area contributed by atoms with Crippen molar-refractivity contribution in [2.75, 3.05) is 6.54 Å². The van der Waals surface area contributed by atoms with E-state index in [0.717, 1.165) is 37.3 Å². The topological polar surface area (TPSA) is 66.5 Å². The van der Waals surface area contributed by atoms with Crippen molar-refractivity contribution < 1.29 is 0 Å². The van der Waals surface area contributed by atoms with E-state index < -0.39 is 0 Å². The predicted octanol–water partition coefficient (Wildman–Crippen LogP) is 2.05. The van der Waals surface area contributed by atoms with Crippen molar-refractivity contribution in [2.45, 2.75) is 39.2 Å². The maximum absolute atomic E-state index is 4.51. The molecule has 2 aromatic heterocycles. The van der Waals surface area contributed by atoms with Gasteiger partial charge in [0.1, 0.15) is 12.2 Å². The molecule has 0 amide bonds. The van der Waals surface area contributed by atoms with E-state index in [1.807, 2.05) is 6.20 Å². The van der Waals surface area contributed by atoms with Crippen LogP contribution >= 0.6 is 0 Å². The summed E-state index contributed by atoms with van der Waals surface area (Å²) in [4.78, 5) is 8.75. The van der Waals surface area contributed by atoms with E-state index in [1.165, 1.54) is 5.56 Å². The summed E-state index contributed by atoms with van der Waals surface area (Å²) in [5.74, 6) is 0.870. The molecular formula is C14H21N5. The van der Waals surface area contributed by atoms with Crippen molar-refractivity contribution in [1.29, 1.82) is 0 Å². The Morgan fingerprint density at radius 2 is 2.16 bits per heavy atom. The van der Waals surface area contributed by atoms with Crippen LogP contribution in [0, 0.1) is 0 Å². The number of aromatic nitrogens is 4. The zero-order chi connectivity index (χ0) is 13.5. The van der Waals surface area contributed by atoms with Gasteiger partial charge >= 0.3 is 0 Å². The van der Waals surface area contributed by atoms with Gasteiger partial charge in [0.15, 0.2) is 0 Å². The predicted molar refractivity (Wildman–Crippen MR) is 74.7 cm³/mol. The van der Waals surface area contributed by atoms with Crippen LogP contribution in [0.1, 0.15) is 43.4 Å². The normalized spacial score (nSPS) is 12.5. The Hall–Kier alpha value is -1.75. The van der Waals surface area contributed by atoms with E-state index in [4.69, 9.17) is 0 Å². The summed E-state index contributed by atoms with van der Waals surface area (Å²) >= 11 is 0. The first-order valence-corrected chi connectivity index (χ1v) is 6.86. The molecule has 0 spiro atoms.